The summed E-state index contributed by atoms with van der Waals surface area (Å²) in [7, 11) is 0. The van der Waals surface area contributed by atoms with Gasteiger partial charge in [0, 0.05) is 0 Å². The molecule has 1 unspecified atom stereocenters. The Balaban J connectivity index is 1.71. The second kappa shape index (κ2) is 7.60. The van der Waals surface area contributed by atoms with Crippen LogP contribution >= 0.6 is 0 Å². The summed E-state index contributed by atoms with van der Waals surface area (Å²) in [5.74, 6) is 0.610. The molecule has 1 heteroatoms. The first-order chi connectivity index (χ1) is 10.8. The first-order valence-electron chi connectivity index (χ1n) is 8.71. The second-order valence-corrected chi connectivity index (χ2v) is 6.55. The summed E-state index contributed by atoms with van der Waals surface area (Å²) < 4.78 is 0. The third-order valence-corrected chi connectivity index (χ3v) is 4.90. The maximum atomic E-state index is 2.64. The molecule has 0 bridgehead atoms. The summed E-state index contributed by atoms with van der Waals surface area (Å²) in [4.78, 5) is 2.64. The van der Waals surface area contributed by atoms with Gasteiger partial charge >= 0.3 is 0 Å². The summed E-state index contributed by atoms with van der Waals surface area (Å²) in [5.41, 5.74) is 4.22. The van der Waals surface area contributed by atoms with Crippen molar-refractivity contribution in [1.29, 1.82) is 0 Å². The number of nitrogens with zero attached hydrogens (tertiary/aromatic N) is 1. The topological polar surface area (TPSA) is 3.24 Å². The molecule has 22 heavy (non-hydrogen) atoms. The van der Waals surface area contributed by atoms with Gasteiger partial charge < -0.3 is 4.90 Å². The molecule has 0 aliphatic carbocycles. The molecule has 116 valence electrons. The van der Waals surface area contributed by atoms with Gasteiger partial charge in [-0.1, -0.05) is 67.9 Å². The quantitative estimate of drug-likeness (QED) is 0.720. The Labute approximate surface area is 135 Å². The van der Waals surface area contributed by atoms with E-state index in [4.69, 9.17) is 0 Å². The largest absolute Gasteiger partial charge is 0.303 e. The highest BCUT2D eigenvalue weighted by atomic mass is 15.1. The molecule has 0 radical (unpaired) electrons. The Kier molecular flexibility index (Phi) is 5.29. The van der Waals surface area contributed by atoms with E-state index in [9.17, 15) is 0 Å². The van der Waals surface area contributed by atoms with E-state index in [0.29, 0.717) is 5.92 Å². The Hall–Kier alpha value is -1.60. The zero-order valence-corrected chi connectivity index (χ0v) is 13.7. The van der Waals surface area contributed by atoms with E-state index in [1.54, 1.807) is 0 Å². The molecule has 2 aromatic carbocycles. The zero-order valence-electron chi connectivity index (χ0n) is 13.7. The van der Waals surface area contributed by atoms with Crippen LogP contribution in [0.1, 0.15) is 44.1 Å². The Bertz CT molecular complexity index is 569. The van der Waals surface area contributed by atoms with Crippen molar-refractivity contribution in [2.45, 2.75) is 38.5 Å². The van der Waals surface area contributed by atoms with Gasteiger partial charge in [-0.2, -0.15) is 0 Å². The average Bonchev–Trinajstić information content (AvgIpc) is 2.61. The standard InChI is InChI=1S/C21H27N/c1-18(14-17-22-15-8-3-9-16-22)20-12-6-7-13-21(20)19-10-4-2-5-11-19/h2,4-7,10-13,18H,3,8-9,14-17H2,1H3. The van der Waals surface area contributed by atoms with Gasteiger partial charge in [-0.05, 0) is 61.5 Å². The van der Waals surface area contributed by atoms with Gasteiger partial charge in [-0.25, -0.2) is 0 Å². The van der Waals surface area contributed by atoms with Crippen LogP contribution in [-0.2, 0) is 0 Å². The molecular formula is C21H27N. The highest BCUT2D eigenvalue weighted by Gasteiger charge is 2.15. The van der Waals surface area contributed by atoms with Gasteiger partial charge in [0.05, 0.1) is 0 Å². The fourth-order valence-corrected chi connectivity index (χ4v) is 3.52. The Morgan fingerprint density at radius 3 is 2.32 bits per heavy atom. The van der Waals surface area contributed by atoms with E-state index in [1.807, 2.05) is 0 Å². The molecular weight excluding hydrogens is 266 g/mol. The zero-order chi connectivity index (χ0) is 15.2. The smallest absolute Gasteiger partial charge is 0.00130 e. The van der Waals surface area contributed by atoms with Crippen LogP contribution in [0.2, 0.25) is 0 Å². The summed E-state index contributed by atoms with van der Waals surface area (Å²) >= 11 is 0. The van der Waals surface area contributed by atoms with Crippen LogP contribution in [0, 0.1) is 0 Å². The van der Waals surface area contributed by atoms with Crippen LogP contribution in [0.4, 0.5) is 0 Å². The van der Waals surface area contributed by atoms with Crippen molar-refractivity contribution in [1.82, 2.24) is 4.90 Å². The Morgan fingerprint density at radius 2 is 1.55 bits per heavy atom. The van der Waals surface area contributed by atoms with Gasteiger partial charge in [0.2, 0.25) is 0 Å². The molecule has 1 heterocycles. The van der Waals surface area contributed by atoms with Gasteiger partial charge in [0.1, 0.15) is 0 Å². The van der Waals surface area contributed by atoms with E-state index in [-0.39, 0.29) is 0 Å². The van der Waals surface area contributed by atoms with Crippen molar-refractivity contribution < 1.29 is 0 Å². The lowest BCUT2D eigenvalue weighted by atomic mass is 9.89. The van der Waals surface area contributed by atoms with Crippen LogP contribution < -0.4 is 0 Å². The third-order valence-electron chi connectivity index (χ3n) is 4.90. The minimum atomic E-state index is 0.610. The minimum absolute atomic E-state index is 0.610. The molecule has 1 nitrogen and oxygen atoms in total. The SMILES string of the molecule is CC(CCN1CCCCC1)c1ccccc1-c1ccccc1. The third kappa shape index (κ3) is 3.78. The van der Waals surface area contributed by atoms with Crippen LogP contribution in [-0.4, -0.2) is 24.5 Å². The molecule has 1 fully saturated rings. The van der Waals surface area contributed by atoms with Gasteiger partial charge in [0.25, 0.3) is 0 Å². The maximum Gasteiger partial charge on any atom is -0.00130 e. The first-order valence-corrected chi connectivity index (χ1v) is 8.71. The second-order valence-electron chi connectivity index (χ2n) is 6.55. The fraction of sp³-hybridized carbons (Fsp3) is 0.429. The first kappa shape index (κ1) is 15.3. The number of likely N-dealkylation sites (tertiary alicyclic amines) is 1. The lowest BCUT2D eigenvalue weighted by Crippen LogP contribution is -2.31. The minimum Gasteiger partial charge on any atom is -0.303 e. The summed E-state index contributed by atoms with van der Waals surface area (Å²) in [6.07, 6.45) is 5.44. The van der Waals surface area contributed by atoms with Crippen molar-refractivity contribution >= 4 is 0 Å². The van der Waals surface area contributed by atoms with Crippen molar-refractivity contribution in [2.24, 2.45) is 0 Å². The van der Waals surface area contributed by atoms with E-state index >= 15 is 0 Å². The predicted octanol–water partition coefficient (Wildman–Crippen LogP) is 5.33. The van der Waals surface area contributed by atoms with E-state index in [0.717, 1.165) is 0 Å². The lowest BCUT2D eigenvalue weighted by molar-refractivity contribution is 0.222. The van der Waals surface area contributed by atoms with Crippen LogP contribution in [0.5, 0.6) is 0 Å². The van der Waals surface area contributed by atoms with Gasteiger partial charge in [-0.15, -0.1) is 0 Å². The number of hydrogen-bond donors (Lipinski definition) is 0. The fourth-order valence-electron chi connectivity index (χ4n) is 3.52. The van der Waals surface area contributed by atoms with Crippen LogP contribution in [0.3, 0.4) is 0 Å². The predicted molar refractivity (Wildman–Crippen MR) is 95.2 cm³/mol. The number of rotatable bonds is 5. The Morgan fingerprint density at radius 1 is 0.864 bits per heavy atom. The highest BCUT2D eigenvalue weighted by molar-refractivity contribution is 5.67. The number of benzene rings is 2. The van der Waals surface area contributed by atoms with E-state index in [1.165, 1.54) is 62.0 Å². The molecule has 0 aromatic heterocycles. The van der Waals surface area contributed by atoms with Crippen molar-refractivity contribution in [3.05, 3.63) is 60.2 Å². The van der Waals surface area contributed by atoms with E-state index < -0.39 is 0 Å². The molecule has 0 amide bonds. The van der Waals surface area contributed by atoms with Crippen LogP contribution in [0.15, 0.2) is 54.6 Å². The molecule has 3 rings (SSSR count). The molecule has 1 atom stereocenters. The molecule has 2 aromatic rings. The monoisotopic (exact) mass is 293 g/mol. The lowest BCUT2D eigenvalue weighted by Gasteiger charge is -2.28. The summed E-state index contributed by atoms with van der Waals surface area (Å²) in [6.45, 7) is 6.22. The van der Waals surface area contributed by atoms with Crippen molar-refractivity contribution in [2.75, 3.05) is 19.6 Å². The molecule has 0 spiro atoms. The van der Waals surface area contributed by atoms with E-state index in [2.05, 4.69) is 66.4 Å². The normalized spacial score (nSPS) is 17.3. The molecule has 0 N–H and O–H groups in total. The van der Waals surface area contributed by atoms with Gasteiger partial charge in [-0.3, -0.25) is 0 Å². The molecule has 1 aliphatic heterocycles. The highest BCUT2D eigenvalue weighted by Crippen LogP contribution is 2.31. The maximum absolute atomic E-state index is 2.64. The van der Waals surface area contributed by atoms with Crippen LogP contribution in [0.25, 0.3) is 11.1 Å². The summed E-state index contributed by atoms with van der Waals surface area (Å²) in [6, 6.07) is 19.7. The van der Waals surface area contributed by atoms with Crippen molar-refractivity contribution in [3.63, 3.8) is 0 Å². The molecule has 0 saturated carbocycles. The molecule has 1 saturated heterocycles. The number of piperidine rings is 1. The van der Waals surface area contributed by atoms with Gasteiger partial charge in [0.15, 0.2) is 0 Å². The summed E-state index contributed by atoms with van der Waals surface area (Å²) in [5, 5.41) is 0. The number of hydrogen-bond acceptors (Lipinski definition) is 1. The van der Waals surface area contributed by atoms with Crippen molar-refractivity contribution in [3.8, 4) is 11.1 Å². The molecule has 1 aliphatic rings. The average molecular weight is 293 g/mol.